The number of rotatable bonds is 4. The van der Waals surface area contributed by atoms with Gasteiger partial charge in [0.25, 0.3) is 5.69 Å². The van der Waals surface area contributed by atoms with E-state index in [4.69, 9.17) is 0 Å². The Hall–Kier alpha value is -2.76. The number of nitro groups is 1. The smallest absolute Gasteiger partial charge is 0.269 e. The Morgan fingerprint density at radius 1 is 1.06 bits per heavy atom. The van der Waals surface area contributed by atoms with Crippen molar-refractivity contribution >= 4 is 22.7 Å². The molecule has 0 saturated carbocycles. The normalized spacial score (nSPS) is 9.78. The fourth-order valence-corrected chi connectivity index (χ4v) is 1.48. The van der Waals surface area contributed by atoms with Gasteiger partial charge in [-0.1, -0.05) is 12.1 Å². The number of para-hydroxylation sites is 1. The van der Waals surface area contributed by atoms with Crippen molar-refractivity contribution in [3.8, 4) is 0 Å². The number of benzene rings is 2. The zero-order valence-electron chi connectivity index (χ0n) is 9.24. The lowest BCUT2D eigenvalue weighted by molar-refractivity contribution is -0.384. The number of hydrogen-bond donors (Lipinski definition) is 1. The molecular formula is C12H9N3O3. The first kappa shape index (κ1) is 11.7. The van der Waals surface area contributed by atoms with Gasteiger partial charge >= 0.3 is 0 Å². The number of nitrogens with zero attached hydrogens (tertiary/aromatic N) is 2. The maximum absolute atomic E-state index is 10.6. The summed E-state index contributed by atoms with van der Waals surface area (Å²) >= 11 is 0. The van der Waals surface area contributed by atoms with Crippen LogP contribution < -0.4 is 5.32 Å². The van der Waals surface area contributed by atoms with Gasteiger partial charge in [0.05, 0.1) is 10.6 Å². The number of non-ortho nitro benzene ring substituents is 1. The van der Waals surface area contributed by atoms with Gasteiger partial charge in [-0.2, -0.15) is 0 Å². The van der Waals surface area contributed by atoms with E-state index < -0.39 is 4.92 Å². The second-order valence-corrected chi connectivity index (χ2v) is 3.54. The van der Waals surface area contributed by atoms with Crippen LogP contribution in [-0.2, 0) is 0 Å². The summed E-state index contributed by atoms with van der Waals surface area (Å²) in [5.74, 6) is 0. The number of nitro benzene ring substituents is 1. The predicted molar refractivity (Wildman–Crippen MR) is 68.3 cm³/mol. The van der Waals surface area contributed by atoms with Crippen LogP contribution in [0.4, 0.5) is 22.7 Å². The number of anilines is 2. The van der Waals surface area contributed by atoms with E-state index in [1.54, 1.807) is 36.4 Å². The monoisotopic (exact) mass is 243 g/mol. The van der Waals surface area contributed by atoms with Crippen LogP contribution in [0, 0.1) is 15.0 Å². The molecule has 0 unspecified atom stereocenters. The van der Waals surface area contributed by atoms with E-state index in [0.29, 0.717) is 11.4 Å². The summed E-state index contributed by atoms with van der Waals surface area (Å²) in [5.41, 5.74) is 1.51. The second-order valence-electron chi connectivity index (χ2n) is 3.54. The third kappa shape index (κ3) is 2.49. The molecular weight excluding hydrogens is 234 g/mol. The Labute approximate surface area is 102 Å². The first-order valence-electron chi connectivity index (χ1n) is 5.14. The van der Waals surface area contributed by atoms with Crippen molar-refractivity contribution < 1.29 is 4.92 Å². The lowest BCUT2D eigenvalue weighted by Gasteiger charge is -2.07. The average molecular weight is 243 g/mol. The van der Waals surface area contributed by atoms with E-state index in [0.717, 1.165) is 0 Å². The molecule has 0 fully saturated rings. The minimum atomic E-state index is -0.468. The molecule has 6 heteroatoms. The van der Waals surface area contributed by atoms with E-state index in [9.17, 15) is 15.0 Å². The summed E-state index contributed by atoms with van der Waals surface area (Å²) < 4.78 is 0. The first-order valence-corrected chi connectivity index (χ1v) is 5.14. The van der Waals surface area contributed by atoms with Crippen LogP contribution in [0.15, 0.2) is 53.7 Å². The van der Waals surface area contributed by atoms with Crippen molar-refractivity contribution in [2.45, 2.75) is 0 Å². The zero-order valence-corrected chi connectivity index (χ0v) is 9.24. The van der Waals surface area contributed by atoms with Crippen molar-refractivity contribution in [1.82, 2.24) is 0 Å². The van der Waals surface area contributed by atoms with E-state index in [-0.39, 0.29) is 11.4 Å². The zero-order chi connectivity index (χ0) is 13.0. The molecule has 0 aromatic heterocycles. The molecule has 1 N–H and O–H groups in total. The van der Waals surface area contributed by atoms with Crippen LogP contribution in [0.1, 0.15) is 0 Å². The molecule has 0 atom stereocenters. The molecule has 2 aromatic rings. The van der Waals surface area contributed by atoms with Gasteiger partial charge in [0.15, 0.2) is 0 Å². The van der Waals surface area contributed by atoms with Crippen LogP contribution in [0.25, 0.3) is 0 Å². The highest BCUT2D eigenvalue weighted by Crippen LogP contribution is 2.28. The Kier molecular flexibility index (Phi) is 3.29. The summed E-state index contributed by atoms with van der Waals surface area (Å²) in [6.45, 7) is 0. The van der Waals surface area contributed by atoms with Crippen molar-refractivity contribution in [3.05, 3.63) is 63.6 Å². The van der Waals surface area contributed by atoms with Crippen molar-refractivity contribution in [3.63, 3.8) is 0 Å². The van der Waals surface area contributed by atoms with Crippen molar-refractivity contribution in [2.75, 3.05) is 5.32 Å². The molecule has 2 rings (SSSR count). The van der Waals surface area contributed by atoms with E-state index in [1.807, 2.05) is 0 Å². The number of nitroso groups, excluding NO2 is 1. The Morgan fingerprint density at radius 2 is 1.72 bits per heavy atom. The van der Waals surface area contributed by atoms with Gasteiger partial charge in [-0.3, -0.25) is 10.1 Å². The molecule has 0 saturated heterocycles. The highest BCUT2D eigenvalue weighted by molar-refractivity contribution is 5.72. The molecule has 6 nitrogen and oxygen atoms in total. The third-order valence-corrected chi connectivity index (χ3v) is 2.36. The van der Waals surface area contributed by atoms with Gasteiger partial charge in [-0.25, -0.2) is 0 Å². The van der Waals surface area contributed by atoms with Crippen LogP contribution in [0.2, 0.25) is 0 Å². The molecule has 0 bridgehead atoms. The fourth-order valence-electron chi connectivity index (χ4n) is 1.48. The molecule has 0 spiro atoms. The Bertz CT molecular complexity index is 581. The van der Waals surface area contributed by atoms with Gasteiger partial charge in [0.2, 0.25) is 0 Å². The topological polar surface area (TPSA) is 84.6 Å². The summed E-state index contributed by atoms with van der Waals surface area (Å²) in [6, 6.07) is 12.7. The second kappa shape index (κ2) is 5.05. The standard InChI is InChI=1S/C12H9N3O3/c16-14-12-4-2-1-3-11(12)13-9-5-7-10(8-6-9)15(17)18/h1-8,13H. The van der Waals surface area contributed by atoms with Crippen LogP contribution in [0.3, 0.4) is 0 Å². The number of nitrogens with one attached hydrogen (secondary N) is 1. The summed E-state index contributed by atoms with van der Waals surface area (Å²) in [7, 11) is 0. The summed E-state index contributed by atoms with van der Waals surface area (Å²) in [6.07, 6.45) is 0. The SMILES string of the molecule is O=Nc1ccccc1Nc1ccc([N+](=O)[O-])cc1. The van der Waals surface area contributed by atoms with Crippen LogP contribution >= 0.6 is 0 Å². The van der Waals surface area contributed by atoms with Gasteiger partial charge in [0, 0.05) is 17.8 Å². The van der Waals surface area contributed by atoms with Gasteiger partial charge in [-0.15, -0.1) is 4.91 Å². The van der Waals surface area contributed by atoms with Gasteiger partial charge in [0.1, 0.15) is 5.69 Å². The van der Waals surface area contributed by atoms with Crippen molar-refractivity contribution in [1.29, 1.82) is 0 Å². The molecule has 90 valence electrons. The molecule has 2 aromatic carbocycles. The lowest BCUT2D eigenvalue weighted by atomic mass is 10.2. The largest absolute Gasteiger partial charge is 0.354 e. The molecule has 0 radical (unpaired) electrons. The molecule has 0 aliphatic heterocycles. The quantitative estimate of drug-likeness (QED) is 0.503. The van der Waals surface area contributed by atoms with E-state index in [2.05, 4.69) is 10.5 Å². The third-order valence-electron chi connectivity index (χ3n) is 2.36. The maximum Gasteiger partial charge on any atom is 0.269 e. The van der Waals surface area contributed by atoms with Gasteiger partial charge in [-0.05, 0) is 29.4 Å². The first-order chi connectivity index (χ1) is 8.70. The minimum absolute atomic E-state index is 0.0161. The van der Waals surface area contributed by atoms with Crippen molar-refractivity contribution in [2.24, 2.45) is 5.18 Å². The van der Waals surface area contributed by atoms with E-state index >= 15 is 0 Å². The molecule has 0 heterocycles. The minimum Gasteiger partial charge on any atom is -0.354 e. The van der Waals surface area contributed by atoms with Gasteiger partial charge < -0.3 is 5.32 Å². The predicted octanol–water partition coefficient (Wildman–Crippen LogP) is 3.74. The molecule has 18 heavy (non-hydrogen) atoms. The highest BCUT2D eigenvalue weighted by Gasteiger charge is 2.05. The van der Waals surface area contributed by atoms with Crippen LogP contribution in [-0.4, -0.2) is 4.92 Å². The lowest BCUT2D eigenvalue weighted by Crippen LogP contribution is -1.92. The summed E-state index contributed by atoms with van der Waals surface area (Å²) in [4.78, 5) is 20.6. The highest BCUT2D eigenvalue weighted by atomic mass is 16.6. The number of hydrogen-bond acceptors (Lipinski definition) is 5. The Morgan fingerprint density at radius 3 is 2.33 bits per heavy atom. The molecule has 0 aliphatic carbocycles. The summed E-state index contributed by atoms with van der Waals surface area (Å²) in [5, 5.41) is 16.4. The molecule has 0 amide bonds. The van der Waals surface area contributed by atoms with Crippen LogP contribution in [0.5, 0.6) is 0 Å². The van der Waals surface area contributed by atoms with E-state index in [1.165, 1.54) is 12.1 Å². The maximum atomic E-state index is 10.6. The fraction of sp³-hybridized carbons (Fsp3) is 0. The Balaban J connectivity index is 2.23. The molecule has 0 aliphatic rings. The average Bonchev–Trinajstić information content (AvgIpc) is 2.40.